The second-order valence-corrected chi connectivity index (χ2v) is 12.5. The van der Waals surface area contributed by atoms with Crippen LogP contribution in [-0.2, 0) is 35.5 Å². The minimum absolute atomic E-state index is 0.110. The van der Waals surface area contributed by atoms with Crippen LogP contribution in [0.15, 0.2) is 42.5 Å². The minimum atomic E-state index is -4.92. The Balaban J connectivity index is 1.27. The average molecular weight is 581 g/mol. The molecule has 41 heavy (non-hydrogen) atoms. The van der Waals surface area contributed by atoms with Gasteiger partial charge >= 0.3 is 12.4 Å². The van der Waals surface area contributed by atoms with E-state index in [1.54, 1.807) is 0 Å². The Morgan fingerprint density at radius 1 is 1.00 bits per heavy atom. The molecule has 2 aromatic rings. The number of rotatable bonds is 6. The summed E-state index contributed by atoms with van der Waals surface area (Å²) in [5.41, 5.74) is -0.494. The van der Waals surface area contributed by atoms with E-state index in [9.17, 15) is 31.1 Å². The van der Waals surface area contributed by atoms with Gasteiger partial charge in [-0.05, 0) is 92.3 Å². The predicted octanol–water partition coefficient (Wildman–Crippen LogP) is 7.91. The number of piperidine rings is 1. The van der Waals surface area contributed by atoms with Gasteiger partial charge in [-0.25, -0.2) is 0 Å². The zero-order valence-electron chi connectivity index (χ0n) is 23.6. The third-order valence-electron chi connectivity index (χ3n) is 10.1. The van der Waals surface area contributed by atoms with Gasteiger partial charge in [0.25, 0.3) is 0 Å². The van der Waals surface area contributed by atoms with Crippen molar-refractivity contribution in [1.82, 2.24) is 10.2 Å². The van der Waals surface area contributed by atoms with E-state index >= 15 is 0 Å². The molecule has 224 valence electrons. The van der Waals surface area contributed by atoms with Crippen molar-refractivity contribution in [3.8, 4) is 0 Å². The molecule has 0 radical (unpaired) electrons. The highest BCUT2D eigenvalue weighted by Gasteiger charge is 2.50. The topological polar surface area (TPSA) is 32.3 Å². The van der Waals surface area contributed by atoms with Crippen LogP contribution in [0.1, 0.15) is 86.6 Å². The summed E-state index contributed by atoms with van der Waals surface area (Å²) in [6, 6.07) is 10.5. The number of hydrogen-bond donors (Lipinski definition) is 1. The zero-order chi connectivity index (χ0) is 29.6. The van der Waals surface area contributed by atoms with Gasteiger partial charge in [-0.3, -0.25) is 4.79 Å². The first-order valence-corrected chi connectivity index (χ1v) is 14.7. The fourth-order valence-corrected chi connectivity index (χ4v) is 7.95. The molecule has 1 spiro atoms. The lowest BCUT2D eigenvalue weighted by molar-refractivity contribution is -0.143. The highest BCUT2D eigenvalue weighted by molar-refractivity contribution is 5.83. The number of nitrogens with zero attached hydrogens (tertiary/aromatic N) is 1. The van der Waals surface area contributed by atoms with Gasteiger partial charge in [0.1, 0.15) is 0 Å². The number of likely N-dealkylation sites (tertiary alicyclic amines) is 1. The van der Waals surface area contributed by atoms with Crippen molar-refractivity contribution in [3.63, 3.8) is 0 Å². The molecule has 1 saturated carbocycles. The number of amides is 1. The lowest BCUT2D eigenvalue weighted by Gasteiger charge is -2.47. The third-order valence-corrected chi connectivity index (χ3v) is 10.1. The molecule has 9 heteroatoms. The molecule has 1 N–H and O–H groups in total. The van der Waals surface area contributed by atoms with Gasteiger partial charge in [0.05, 0.1) is 16.5 Å². The van der Waals surface area contributed by atoms with Gasteiger partial charge in [0.2, 0.25) is 5.91 Å². The van der Waals surface area contributed by atoms with Crippen molar-refractivity contribution in [2.75, 3.05) is 13.1 Å². The fourth-order valence-electron chi connectivity index (χ4n) is 7.95. The Kier molecular flexibility index (Phi) is 7.98. The van der Waals surface area contributed by atoms with Crippen molar-refractivity contribution < 1.29 is 31.1 Å². The number of carbonyl (C=O) groups excluding carboxylic acids is 1. The third kappa shape index (κ3) is 5.75. The van der Waals surface area contributed by atoms with Crippen LogP contribution in [-0.4, -0.2) is 29.9 Å². The molecule has 5 rings (SSSR count). The Morgan fingerprint density at radius 3 is 2.32 bits per heavy atom. The average Bonchev–Trinajstić information content (AvgIpc) is 3.52. The van der Waals surface area contributed by atoms with E-state index < -0.39 is 28.9 Å². The number of alkyl halides is 6. The van der Waals surface area contributed by atoms with Crippen LogP contribution < -0.4 is 5.32 Å². The number of fused-ring (bicyclic) bond motifs is 2. The van der Waals surface area contributed by atoms with Crippen LogP contribution in [0.4, 0.5) is 26.3 Å². The number of halogens is 6. The molecule has 2 fully saturated rings. The monoisotopic (exact) mass is 580 g/mol. The Hall–Kier alpha value is -2.55. The second-order valence-electron chi connectivity index (χ2n) is 12.5. The number of nitrogens with one attached hydrogen (secondary N) is 1. The molecule has 0 aromatic heterocycles. The molecular weight excluding hydrogens is 542 g/mol. The van der Waals surface area contributed by atoms with E-state index in [-0.39, 0.29) is 35.5 Å². The molecule has 2 unspecified atom stereocenters. The summed E-state index contributed by atoms with van der Waals surface area (Å²) in [7, 11) is 0. The van der Waals surface area contributed by atoms with Crippen LogP contribution >= 0.6 is 0 Å². The quantitative estimate of drug-likeness (QED) is 0.352. The lowest BCUT2D eigenvalue weighted by Crippen LogP contribution is -2.51. The summed E-state index contributed by atoms with van der Waals surface area (Å²) in [5, 5.41) is 2.71. The second kappa shape index (κ2) is 10.9. The molecule has 3 aliphatic rings. The maximum absolute atomic E-state index is 13.6. The van der Waals surface area contributed by atoms with Crippen LogP contribution in [0.3, 0.4) is 0 Å². The molecule has 3 nitrogen and oxygen atoms in total. The molecule has 1 aliphatic heterocycles. The Bertz CT molecular complexity index is 1240. The smallest absolute Gasteiger partial charge is 0.352 e. The van der Waals surface area contributed by atoms with Crippen molar-refractivity contribution in [2.24, 2.45) is 11.3 Å². The maximum atomic E-state index is 13.6. The van der Waals surface area contributed by atoms with Crippen molar-refractivity contribution in [1.29, 1.82) is 0 Å². The number of hydrogen-bond acceptors (Lipinski definition) is 2. The molecule has 1 amide bonds. The van der Waals surface area contributed by atoms with E-state index in [2.05, 4.69) is 41.4 Å². The van der Waals surface area contributed by atoms with Gasteiger partial charge in [-0.2, -0.15) is 26.3 Å². The van der Waals surface area contributed by atoms with E-state index in [4.69, 9.17) is 0 Å². The molecule has 1 heterocycles. The van der Waals surface area contributed by atoms with Gasteiger partial charge in [-0.15, -0.1) is 0 Å². The largest absolute Gasteiger partial charge is 0.416 e. The Labute approximate surface area is 237 Å². The van der Waals surface area contributed by atoms with Gasteiger partial charge in [-0.1, -0.05) is 44.5 Å². The molecule has 2 aromatic carbocycles. The number of benzene rings is 2. The van der Waals surface area contributed by atoms with Crippen LogP contribution in [0, 0.1) is 11.3 Å². The van der Waals surface area contributed by atoms with Crippen LogP contribution in [0.5, 0.6) is 0 Å². The summed E-state index contributed by atoms with van der Waals surface area (Å²) >= 11 is 0. The SMILES string of the molecule is CCCC1(C(=O)NCc2cc(C(F)(F)F)cc(C(F)(F)F)c2)CCC(N2CC[C@@]3(CCc4ccccc43)[C@@H](C)C2)C1. The standard InChI is InChI=1S/C32H38F6N2O/c1-3-10-29(28(41)39-19-22-15-24(31(33,34)35)17-25(16-22)32(36,37)38)11-9-26(18-29)40-14-13-30(21(2)20-40)12-8-23-6-4-5-7-27(23)30/h4-7,15-17,21,26H,3,8-14,18-20H2,1-2H3,(H,39,41)/t21-,26?,29?,30-/m0/s1. The Morgan fingerprint density at radius 2 is 1.68 bits per heavy atom. The van der Waals surface area contributed by atoms with Gasteiger partial charge in [0, 0.05) is 24.5 Å². The van der Waals surface area contributed by atoms with E-state index in [1.165, 1.54) is 17.5 Å². The van der Waals surface area contributed by atoms with E-state index in [0.29, 0.717) is 37.3 Å². The van der Waals surface area contributed by atoms with Crippen LogP contribution in [0.25, 0.3) is 0 Å². The number of aryl methyl sites for hydroxylation is 1. The van der Waals surface area contributed by atoms with Gasteiger partial charge in [0.15, 0.2) is 0 Å². The normalized spacial score (nSPS) is 28.7. The van der Waals surface area contributed by atoms with Crippen molar-refractivity contribution >= 4 is 5.91 Å². The molecule has 2 aliphatic carbocycles. The summed E-state index contributed by atoms with van der Waals surface area (Å²) in [5.74, 6) is 0.192. The summed E-state index contributed by atoms with van der Waals surface area (Å²) in [6.45, 7) is 5.85. The highest BCUT2D eigenvalue weighted by atomic mass is 19.4. The lowest BCUT2D eigenvalue weighted by atomic mass is 9.67. The highest BCUT2D eigenvalue weighted by Crippen LogP contribution is 2.51. The summed E-state index contributed by atoms with van der Waals surface area (Å²) < 4.78 is 79.8. The summed E-state index contributed by atoms with van der Waals surface area (Å²) in [4.78, 5) is 16.1. The van der Waals surface area contributed by atoms with Crippen molar-refractivity contribution in [2.45, 2.75) is 95.6 Å². The van der Waals surface area contributed by atoms with Crippen molar-refractivity contribution in [3.05, 3.63) is 70.3 Å². The molecule has 4 atom stereocenters. The molecule has 1 saturated heterocycles. The first-order valence-electron chi connectivity index (χ1n) is 14.7. The van der Waals surface area contributed by atoms with Crippen LogP contribution in [0.2, 0.25) is 0 Å². The first kappa shape index (κ1) is 29.9. The maximum Gasteiger partial charge on any atom is 0.416 e. The van der Waals surface area contributed by atoms with E-state index in [0.717, 1.165) is 38.8 Å². The zero-order valence-corrected chi connectivity index (χ0v) is 23.6. The molecule has 0 bridgehead atoms. The predicted molar refractivity (Wildman–Crippen MR) is 145 cm³/mol. The van der Waals surface area contributed by atoms with E-state index in [1.807, 2.05) is 6.92 Å². The fraction of sp³-hybridized carbons (Fsp3) is 0.594. The minimum Gasteiger partial charge on any atom is -0.352 e. The number of carbonyl (C=O) groups is 1. The first-order chi connectivity index (χ1) is 19.3. The van der Waals surface area contributed by atoms with Gasteiger partial charge < -0.3 is 10.2 Å². The summed E-state index contributed by atoms with van der Waals surface area (Å²) in [6.07, 6.45) is -2.94. The molecular formula is C32H38F6N2O.